The van der Waals surface area contributed by atoms with Gasteiger partial charge in [-0.25, -0.2) is 4.79 Å². The van der Waals surface area contributed by atoms with Crippen molar-refractivity contribution in [2.24, 2.45) is 0 Å². The van der Waals surface area contributed by atoms with Crippen molar-refractivity contribution in [1.29, 1.82) is 0 Å². The van der Waals surface area contributed by atoms with Crippen molar-refractivity contribution in [3.05, 3.63) is 64.0 Å². The molecule has 0 bridgehead atoms. The van der Waals surface area contributed by atoms with Gasteiger partial charge in [-0.05, 0) is 50.2 Å². The first-order valence-corrected chi connectivity index (χ1v) is 9.34. The third kappa shape index (κ3) is 3.10. The van der Waals surface area contributed by atoms with Gasteiger partial charge in [-0.3, -0.25) is 4.90 Å². The van der Waals surface area contributed by atoms with Gasteiger partial charge in [0.25, 0.3) is 0 Å². The summed E-state index contributed by atoms with van der Waals surface area (Å²) in [6.45, 7) is 1.65. The average Bonchev–Trinajstić information content (AvgIpc) is 3.25. The molecular weight excluding hydrogens is 358 g/mol. The minimum absolute atomic E-state index is 0.0402. The van der Waals surface area contributed by atoms with E-state index in [0.29, 0.717) is 22.5 Å². The summed E-state index contributed by atoms with van der Waals surface area (Å²) >= 11 is 0. The number of fused-ring (bicyclic) bond motifs is 1. The molecule has 2 aromatic carbocycles. The Morgan fingerprint density at radius 3 is 2.54 bits per heavy atom. The number of methoxy groups -OCH3 is 2. The van der Waals surface area contributed by atoms with Gasteiger partial charge in [0, 0.05) is 11.6 Å². The molecule has 1 aromatic heterocycles. The van der Waals surface area contributed by atoms with Crippen molar-refractivity contribution in [2.45, 2.75) is 18.9 Å². The Kier molecular flexibility index (Phi) is 4.96. The third-order valence-electron chi connectivity index (χ3n) is 5.33. The van der Waals surface area contributed by atoms with Crippen molar-refractivity contribution < 1.29 is 19.0 Å². The van der Waals surface area contributed by atoms with Gasteiger partial charge >= 0.3 is 5.63 Å². The molecule has 0 aliphatic carbocycles. The van der Waals surface area contributed by atoms with E-state index >= 15 is 0 Å². The quantitative estimate of drug-likeness (QED) is 0.680. The zero-order valence-corrected chi connectivity index (χ0v) is 16.0. The average molecular weight is 381 g/mol. The Bertz CT molecular complexity index is 1050. The molecule has 1 aliphatic rings. The first kappa shape index (κ1) is 18.4. The lowest BCUT2D eigenvalue weighted by Crippen LogP contribution is -2.30. The zero-order valence-electron chi connectivity index (χ0n) is 16.0. The Labute approximate surface area is 162 Å². The number of hydrogen-bond donors (Lipinski definition) is 1. The molecule has 1 atom stereocenters. The number of likely N-dealkylation sites (tertiary alicyclic amines) is 1. The fraction of sp³-hybridized carbons (Fsp3) is 0.318. The number of rotatable bonds is 5. The van der Waals surface area contributed by atoms with E-state index in [1.807, 2.05) is 18.2 Å². The summed E-state index contributed by atoms with van der Waals surface area (Å²) in [5, 5.41) is 11.6. The van der Waals surface area contributed by atoms with Gasteiger partial charge in [-0.2, -0.15) is 0 Å². The van der Waals surface area contributed by atoms with Crippen LogP contribution >= 0.6 is 0 Å². The Balaban J connectivity index is 1.96. The molecule has 0 amide bonds. The van der Waals surface area contributed by atoms with E-state index in [1.165, 1.54) is 0 Å². The van der Waals surface area contributed by atoms with Gasteiger partial charge in [-0.1, -0.05) is 12.1 Å². The van der Waals surface area contributed by atoms with Gasteiger partial charge in [-0.15, -0.1) is 0 Å². The van der Waals surface area contributed by atoms with Crippen LogP contribution in [0.4, 0.5) is 0 Å². The molecule has 28 heavy (non-hydrogen) atoms. The van der Waals surface area contributed by atoms with E-state index in [-0.39, 0.29) is 11.3 Å². The lowest BCUT2D eigenvalue weighted by atomic mass is 9.95. The number of para-hydroxylation sites is 1. The summed E-state index contributed by atoms with van der Waals surface area (Å²) in [6.07, 6.45) is 2.07. The second kappa shape index (κ2) is 7.56. The summed E-state index contributed by atoms with van der Waals surface area (Å²) in [4.78, 5) is 15.1. The van der Waals surface area contributed by atoms with Crippen LogP contribution in [-0.2, 0) is 0 Å². The van der Waals surface area contributed by atoms with Crippen molar-refractivity contribution >= 4 is 11.0 Å². The monoisotopic (exact) mass is 381 g/mol. The van der Waals surface area contributed by atoms with Crippen LogP contribution in [0.25, 0.3) is 11.0 Å². The summed E-state index contributed by atoms with van der Waals surface area (Å²) in [6, 6.07) is 12.1. The van der Waals surface area contributed by atoms with Crippen molar-refractivity contribution in [2.75, 3.05) is 27.3 Å². The highest BCUT2D eigenvalue weighted by Crippen LogP contribution is 2.41. The molecule has 1 unspecified atom stereocenters. The first-order valence-electron chi connectivity index (χ1n) is 9.34. The van der Waals surface area contributed by atoms with Crippen molar-refractivity contribution in [3.8, 4) is 17.2 Å². The second-order valence-corrected chi connectivity index (χ2v) is 6.90. The van der Waals surface area contributed by atoms with Gasteiger partial charge in [0.1, 0.15) is 28.4 Å². The van der Waals surface area contributed by atoms with Gasteiger partial charge in [0.2, 0.25) is 0 Å². The zero-order chi connectivity index (χ0) is 19.7. The SMILES string of the molecule is COc1ccc(C(c2c(O)c3ccccc3oc2=O)N2CCCC2)c(OC)c1. The molecule has 2 heterocycles. The van der Waals surface area contributed by atoms with Crippen molar-refractivity contribution in [1.82, 2.24) is 4.90 Å². The van der Waals surface area contributed by atoms with Crippen LogP contribution in [0.15, 0.2) is 51.7 Å². The largest absolute Gasteiger partial charge is 0.507 e. The van der Waals surface area contributed by atoms with E-state index < -0.39 is 11.7 Å². The minimum atomic E-state index is -0.536. The smallest absolute Gasteiger partial charge is 0.345 e. The summed E-state index contributed by atoms with van der Waals surface area (Å²) in [5.41, 5.74) is 0.869. The highest BCUT2D eigenvalue weighted by molar-refractivity contribution is 5.84. The summed E-state index contributed by atoms with van der Waals surface area (Å²) in [7, 11) is 3.18. The Morgan fingerprint density at radius 1 is 1.07 bits per heavy atom. The van der Waals surface area contributed by atoms with Crippen LogP contribution in [0.1, 0.15) is 30.0 Å². The van der Waals surface area contributed by atoms with Crippen LogP contribution in [-0.4, -0.2) is 37.3 Å². The molecule has 4 rings (SSSR count). The highest BCUT2D eigenvalue weighted by Gasteiger charge is 2.33. The summed E-state index contributed by atoms with van der Waals surface area (Å²) in [5.74, 6) is 1.22. The molecule has 3 aromatic rings. The third-order valence-corrected chi connectivity index (χ3v) is 5.33. The Morgan fingerprint density at radius 2 is 1.82 bits per heavy atom. The molecule has 1 fully saturated rings. The van der Waals surface area contributed by atoms with Crippen molar-refractivity contribution in [3.63, 3.8) is 0 Å². The van der Waals surface area contributed by atoms with Crippen LogP contribution in [0, 0.1) is 0 Å². The predicted molar refractivity (Wildman–Crippen MR) is 106 cm³/mol. The lowest BCUT2D eigenvalue weighted by molar-refractivity contribution is 0.262. The van der Waals surface area contributed by atoms with E-state index in [4.69, 9.17) is 13.9 Å². The van der Waals surface area contributed by atoms with Crippen LogP contribution in [0.2, 0.25) is 0 Å². The lowest BCUT2D eigenvalue weighted by Gasteiger charge is -2.29. The summed E-state index contributed by atoms with van der Waals surface area (Å²) < 4.78 is 16.4. The molecule has 0 radical (unpaired) electrons. The molecule has 1 N–H and O–H groups in total. The van der Waals surface area contributed by atoms with E-state index in [0.717, 1.165) is 31.5 Å². The normalized spacial score (nSPS) is 15.6. The molecule has 1 saturated heterocycles. The first-order chi connectivity index (χ1) is 13.6. The molecule has 0 saturated carbocycles. The van der Waals surface area contributed by atoms with Gasteiger partial charge in [0.15, 0.2) is 0 Å². The number of benzene rings is 2. The minimum Gasteiger partial charge on any atom is -0.507 e. The fourth-order valence-corrected chi connectivity index (χ4v) is 3.97. The standard InChI is InChI=1S/C22H23NO5/c1-26-14-9-10-15(18(13-14)27-2)20(23-11-5-6-12-23)19-21(24)16-7-3-4-8-17(16)28-22(19)25/h3-4,7-10,13,20,24H,5-6,11-12H2,1-2H3. The maximum absolute atomic E-state index is 12.9. The van der Waals surface area contributed by atoms with Gasteiger partial charge < -0.3 is 19.0 Å². The molecule has 6 nitrogen and oxygen atoms in total. The maximum atomic E-state index is 12.9. The number of aromatic hydroxyl groups is 1. The number of hydrogen-bond acceptors (Lipinski definition) is 6. The number of nitrogens with zero attached hydrogens (tertiary/aromatic N) is 1. The molecule has 146 valence electrons. The van der Waals surface area contributed by atoms with Crippen LogP contribution < -0.4 is 15.1 Å². The Hall–Kier alpha value is -2.99. The fourth-order valence-electron chi connectivity index (χ4n) is 3.97. The number of ether oxygens (including phenoxy) is 2. The molecule has 0 spiro atoms. The molecule has 6 heteroatoms. The molecular formula is C22H23NO5. The van der Waals surface area contributed by atoms with Gasteiger partial charge in [0.05, 0.1) is 25.6 Å². The van der Waals surface area contributed by atoms with E-state index in [2.05, 4.69) is 4.90 Å². The maximum Gasteiger partial charge on any atom is 0.345 e. The van der Waals surface area contributed by atoms with E-state index in [1.54, 1.807) is 38.5 Å². The van der Waals surface area contributed by atoms with E-state index in [9.17, 15) is 9.90 Å². The highest BCUT2D eigenvalue weighted by atomic mass is 16.5. The molecule has 1 aliphatic heterocycles. The second-order valence-electron chi connectivity index (χ2n) is 6.90. The van der Waals surface area contributed by atoms with Crippen LogP contribution in [0.5, 0.6) is 17.2 Å². The van der Waals surface area contributed by atoms with Crippen LogP contribution in [0.3, 0.4) is 0 Å². The predicted octanol–water partition coefficient (Wildman–Crippen LogP) is 3.70. The topological polar surface area (TPSA) is 72.1 Å².